The fourth-order valence-electron chi connectivity index (χ4n) is 4.22. The highest BCUT2D eigenvalue weighted by atomic mass is 16.4. The number of rotatable bonds is 3. The molecule has 0 aromatic carbocycles. The van der Waals surface area contributed by atoms with E-state index >= 15 is 0 Å². The van der Waals surface area contributed by atoms with E-state index in [0.717, 1.165) is 43.7 Å². The number of hydrogen-bond acceptors (Lipinski definition) is 5. The number of carbonyl (C=O) groups is 1. The molecule has 2 aliphatic rings. The first-order chi connectivity index (χ1) is 12.4. The number of carboxylic acids is 1. The fraction of sp³-hybridized carbons (Fsp3) is 0.526. The highest BCUT2D eigenvalue weighted by Gasteiger charge is 2.43. The number of aromatic nitrogens is 2. The molecule has 2 aliphatic heterocycles. The smallest absolute Gasteiger partial charge is 0.320 e. The summed E-state index contributed by atoms with van der Waals surface area (Å²) in [5.74, 6) is -0.750. The molecule has 7 heteroatoms. The van der Waals surface area contributed by atoms with Crippen LogP contribution in [0.15, 0.2) is 29.2 Å². The van der Waals surface area contributed by atoms with Gasteiger partial charge in [0, 0.05) is 25.4 Å². The van der Waals surface area contributed by atoms with Crippen LogP contribution in [0.2, 0.25) is 0 Å². The predicted molar refractivity (Wildman–Crippen MR) is 97.2 cm³/mol. The van der Waals surface area contributed by atoms with Crippen molar-refractivity contribution in [2.24, 2.45) is 5.41 Å². The number of nitrogens with zero attached hydrogens (tertiary/aromatic N) is 3. The van der Waals surface area contributed by atoms with E-state index in [0.29, 0.717) is 18.6 Å². The summed E-state index contributed by atoms with van der Waals surface area (Å²) in [5.41, 5.74) is 2.61. The first kappa shape index (κ1) is 17.2. The number of aryl methyl sites for hydroxylation is 1. The summed E-state index contributed by atoms with van der Waals surface area (Å²) >= 11 is 0. The fourth-order valence-corrected chi connectivity index (χ4v) is 4.22. The number of piperidine rings is 1. The Kier molecular flexibility index (Phi) is 4.28. The van der Waals surface area contributed by atoms with Crippen molar-refractivity contribution in [3.63, 3.8) is 0 Å². The normalized spacial score (nSPS) is 22.9. The van der Waals surface area contributed by atoms with Crippen LogP contribution in [0.4, 0.5) is 0 Å². The average molecular weight is 356 g/mol. The van der Waals surface area contributed by atoms with Gasteiger partial charge in [-0.25, -0.2) is 4.98 Å². The maximum atomic E-state index is 12.3. The number of likely N-dealkylation sites (tertiary alicyclic amines) is 1. The van der Waals surface area contributed by atoms with Crippen molar-refractivity contribution in [2.45, 2.75) is 38.8 Å². The van der Waals surface area contributed by atoms with Crippen LogP contribution in [-0.4, -0.2) is 51.0 Å². The Balaban J connectivity index is 1.44. The van der Waals surface area contributed by atoms with Gasteiger partial charge >= 0.3 is 5.97 Å². The monoisotopic (exact) mass is 356 g/mol. The molecule has 0 aliphatic carbocycles. The molecule has 2 saturated heterocycles. The minimum atomic E-state index is -0.750. The van der Waals surface area contributed by atoms with Crippen molar-refractivity contribution in [3.05, 3.63) is 46.0 Å². The third-order valence-electron chi connectivity index (χ3n) is 5.84. The third-order valence-corrected chi connectivity index (χ3v) is 5.84. The molecule has 0 saturated carbocycles. The summed E-state index contributed by atoms with van der Waals surface area (Å²) in [6.45, 7) is 5.24. The van der Waals surface area contributed by atoms with Crippen LogP contribution in [0.5, 0.6) is 0 Å². The molecule has 138 valence electrons. The molecule has 26 heavy (non-hydrogen) atoms. The second kappa shape index (κ2) is 6.48. The maximum Gasteiger partial charge on any atom is 0.320 e. The van der Waals surface area contributed by atoms with E-state index in [9.17, 15) is 14.7 Å². The molecule has 2 N–H and O–H groups in total. The van der Waals surface area contributed by atoms with Gasteiger partial charge in [-0.1, -0.05) is 0 Å². The van der Waals surface area contributed by atoms with Gasteiger partial charge in [-0.15, -0.1) is 0 Å². The highest BCUT2D eigenvalue weighted by Crippen LogP contribution is 2.39. The molecule has 0 bridgehead atoms. The van der Waals surface area contributed by atoms with Gasteiger partial charge in [0.2, 0.25) is 0 Å². The van der Waals surface area contributed by atoms with E-state index < -0.39 is 12.0 Å². The Morgan fingerprint density at radius 2 is 2.15 bits per heavy atom. The summed E-state index contributed by atoms with van der Waals surface area (Å²) in [5, 5.41) is 12.3. The Morgan fingerprint density at radius 1 is 1.38 bits per heavy atom. The van der Waals surface area contributed by atoms with Crippen molar-refractivity contribution in [2.75, 3.05) is 19.6 Å². The molecule has 1 atom stereocenters. The van der Waals surface area contributed by atoms with Crippen molar-refractivity contribution in [3.8, 4) is 0 Å². The zero-order valence-corrected chi connectivity index (χ0v) is 14.9. The van der Waals surface area contributed by atoms with Gasteiger partial charge in [0.05, 0.1) is 5.69 Å². The summed E-state index contributed by atoms with van der Waals surface area (Å²) in [6.07, 6.45) is 4.44. The highest BCUT2D eigenvalue weighted by molar-refractivity contribution is 5.74. The van der Waals surface area contributed by atoms with Gasteiger partial charge in [-0.3, -0.25) is 18.9 Å². The van der Waals surface area contributed by atoms with Gasteiger partial charge in [0.25, 0.3) is 5.56 Å². The number of nitrogens with one attached hydrogen (secondary N) is 1. The lowest BCUT2D eigenvalue weighted by atomic mass is 9.76. The predicted octanol–water partition coefficient (Wildman–Crippen LogP) is 1.03. The maximum absolute atomic E-state index is 12.3. The van der Waals surface area contributed by atoms with Crippen LogP contribution < -0.4 is 10.9 Å². The molecule has 0 amide bonds. The Morgan fingerprint density at radius 3 is 2.85 bits per heavy atom. The lowest BCUT2D eigenvalue weighted by molar-refractivity contribution is -0.139. The van der Waals surface area contributed by atoms with Gasteiger partial charge in [-0.2, -0.15) is 0 Å². The van der Waals surface area contributed by atoms with Crippen molar-refractivity contribution < 1.29 is 9.90 Å². The van der Waals surface area contributed by atoms with Crippen molar-refractivity contribution in [1.29, 1.82) is 0 Å². The molecule has 1 unspecified atom stereocenters. The zero-order valence-electron chi connectivity index (χ0n) is 14.9. The average Bonchev–Trinajstić information content (AvgIpc) is 3.01. The van der Waals surface area contributed by atoms with E-state index in [1.54, 1.807) is 16.7 Å². The SMILES string of the molecule is Cc1ccn2c(=O)cc(CN3CCC4(CC3)CNC(C(=O)O)C4)nc2c1. The number of pyridine rings is 1. The number of fused-ring (bicyclic) bond motifs is 1. The summed E-state index contributed by atoms with van der Waals surface area (Å²) < 4.78 is 1.57. The Bertz CT molecular complexity index is 899. The second-order valence-electron chi connectivity index (χ2n) is 7.77. The van der Waals surface area contributed by atoms with E-state index in [1.165, 1.54) is 0 Å². The minimum Gasteiger partial charge on any atom is -0.480 e. The molecule has 2 aromatic rings. The van der Waals surface area contributed by atoms with Crippen LogP contribution in [0, 0.1) is 12.3 Å². The first-order valence-corrected chi connectivity index (χ1v) is 9.12. The third kappa shape index (κ3) is 3.24. The Hall–Kier alpha value is -2.25. The molecule has 0 radical (unpaired) electrons. The molecule has 1 spiro atoms. The van der Waals surface area contributed by atoms with Crippen LogP contribution in [0.1, 0.15) is 30.5 Å². The molecule has 2 aromatic heterocycles. The molecule has 2 fully saturated rings. The van der Waals surface area contributed by atoms with Crippen molar-refractivity contribution in [1.82, 2.24) is 19.6 Å². The van der Waals surface area contributed by atoms with Gasteiger partial charge in [-0.05, 0) is 62.4 Å². The van der Waals surface area contributed by atoms with E-state index in [1.807, 2.05) is 19.1 Å². The quantitative estimate of drug-likeness (QED) is 0.854. The largest absolute Gasteiger partial charge is 0.480 e. The topological polar surface area (TPSA) is 86.9 Å². The van der Waals surface area contributed by atoms with Gasteiger partial charge < -0.3 is 10.4 Å². The summed E-state index contributed by atoms with van der Waals surface area (Å²) in [7, 11) is 0. The summed E-state index contributed by atoms with van der Waals surface area (Å²) in [6, 6.07) is 5.03. The number of aliphatic carboxylic acids is 1. The lowest BCUT2D eigenvalue weighted by Crippen LogP contribution is -2.41. The van der Waals surface area contributed by atoms with E-state index in [4.69, 9.17) is 0 Å². The number of carboxylic acid groups (broad SMARTS) is 1. The Labute approximate surface area is 151 Å². The lowest BCUT2D eigenvalue weighted by Gasteiger charge is -2.38. The number of hydrogen-bond donors (Lipinski definition) is 2. The van der Waals surface area contributed by atoms with Crippen LogP contribution in [0.3, 0.4) is 0 Å². The first-order valence-electron chi connectivity index (χ1n) is 9.12. The zero-order chi connectivity index (χ0) is 18.3. The van der Waals surface area contributed by atoms with Crippen molar-refractivity contribution >= 4 is 11.6 Å². The van der Waals surface area contributed by atoms with Gasteiger partial charge in [0.1, 0.15) is 11.7 Å². The molecular weight excluding hydrogens is 332 g/mol. The van der Waals surface area contributed by atoms with Crippen LogP contribution in [-0.2, 0) is 11.3 Å². The standard InChI is InChI=1S/C19H24N4O3/c1-13-2-5-23-16(8-13)21-14(9-17(23)24)11-22-6-3-19(4-7-22)10-15(18(25)26)20-12-19/h2,5,8-9,15,20H,3-4,6-7,10-12H2,1H3,(H,25,26). The van der Waals surface area contributed by atoms with Crippen LogP contribution >= 0.6 is 0 Å². The van der Waals surface area contributed by atoms with Crippen LogP contribution in [0.25, 0.3) is 5.65 Å². The molecule has 4 rings (SSSR count). The minimum absolute atomic E-state index is 0.0530. The molecule has 7 nitrogen and oxygen atoms in total. The van der Waals surface area contributed by atoms with E-state index in [2.05, 4.69) is 15.2 Å². The second-order valence-corrected chi connectivity index (χ2v) is 7.77. The summed E-state index contributed by atoms with van der Waals surface area (Å²) in [4.78, 5) is 30.4. The van der Waals surface area contributed by atoms with E-state index in [-0.39, 0.29) is 11.0 Å². The molecular formula is C19H24N4O3. The molecule has 4 heterocycles. The van der Waals surface area contributed by atoms with Gasteiger partial charge in [0.15, 0.2) is 0 Å².